The van der Waals surface area contributed by atoms with Gasteiger partial charge in [-0.25, -0.2) is 4.79 Å². The van der Waals surface area contributed by atoms with Crippen molar-refractivity contribution in [3.63, 3.8) is 0 Å². The first-order valence-corrected chi connectivity index (χ1v) is 13.3. The highest BCUT2D eigenvalue weighted by Gasteiger charge is 2.26. The number of carboxylic acids is 1. The minimum absolute atomic E-state index is 0.379. The summed E-state index contributed by atoms with van der Waals surface area (Å²) < 4.78 is 5.28. The minimum Gasteiger partial charge on any atom is -0.478 e. The van der Waals surface area contributed by atoms with Crippen LogP contribution in [0.5, 0.6) is 0 Å². The Morgan fingerprint density at radius 2 is 1.79 bits per heavy atom. The molecule has 1 aromatic carbocycles. The second-order valence-electron chi connectivity index (χ2n) is 8.82. The van der Waals surface area contributed by atoms with Crippen molar-refractivity contribution in [3.05, 3.63) is 58.5 Å². The normalized spacial score (nSPS) is 13.8. The van der Waals surface area contributed by atoms with Gasteiger partial charge < -0.3 is 15.2 Å². The smallest absolute Gasteiger partial charge is 0.339 e. The van der Waals surface area contributed by atoms with E-state index in [4.69, 9.17) is 4.74 Å². The van der Waals surface area contributed by atoms with Gasteiger partial charge in [-0.1, -0.05) is 82.4 Å². The Kier molecular flexibility index (Phi) is 12.3. The first-order valence-electron chi connectivity index (χ1n) is 12.4. The summed E-state index contributed by atoms with van der Waals surface area (Å²) in [7, 11) is 0. The van der Waals surface area contributed by atoms with Gasteiger partial charge in [0.15, 0.2) is 0 Å². The predicted octanol–water partition coefficient (Wildman–Crippen LogP) is 8.49. The molecule has 0 aliphatic heterocycles. The van der Waals surface area contributed by atoms with E-state index < -0.39 is 5.97 Å². The third-order valence-electron chi connectivity index (χ3n) is 5.98. The Hall–Kier alpha value is -2.11. The lowest BCUT2D eigenvalue weighted by Crippen LogP contribution is -2.10. The van der Waals surface area contributed by atoms with Crippen molar-refractivity contribution in [2.24, 2.45) is 0 Å². The molecule has 0 atom stereocenters. The molecule has 1 aromatic heterocycles. The van der Waals surface area contributed by atoms with Crippen LogP contribution < -0.4 is 5.32 Å². The number of benzene rings is 1. The highest BCUT2D eigenvalue weighted by molar-refractivity contribution is 7.14. The van der Waals surface area contributed by atoms with Crippen molar-refractivity contribution in [3.8, 4) is 0 Å². The van der Waals surface area contributed by atoms with Crippen LogP contribution >= 0.6 is 11.3 Å². The Balaban J connectivity index is 0.000000365. The molecule has 1 heterocycles. The molecule has 2 N–H and O–H groups in total. The largest absolute Gasteiger partial charge is 0.478 e. The van der Waals surface area contributed by atoms with E-state index in [1.807, 2.05) is 36.6 Å². The molecule has 0 spiro atoms. The fourth-order valence-corrected chi connectivity index (χ4v) is 5.12. The van der Waals surface area contributed by atoms with E-state index in [1.165, 1.54) is 55.4 Å². The Morgan fingerprint density at radius 1 is 1.09 bits per heavy atom. The number of thiophene rings is 1. The molecule has 2 aromatic rings. The molecule has 1 aliphatic rings. The van der Waals surface area contributed by atoms with Gasteiger partial charge in [0.25, 0.3) is 0 Å². The van der Waals surface area contributed by atoms with Crippen LogP contribution in [0, 0.1) is 6.92 Å². The standard InChI is InChI=1S/C20H23NO2S.C8H18O/c1-13-8-10-15(11-9-13)14(2)21-19-18(20(22)23)17(12-24-19)16-6-4-3-5-7-16;1-3-5-6-8-9-7-4-2/h8-12,16,21H,2-7H2,1H3,(H,22,23);3-8H2,1-2H3. The van der Waals surface area contributed by atoms with Gasteiger partial charge in [-0.2, -0.15) is 0 Å². The van der Waals surface area contributed by atoms with Gasteiger partial charge in [0.2, 0.25) is 0 Å². The number of hydrogen-bond acceptors (Lipinski definition) is 4. The molecule has 1 fully saturated rings. The van der Waals surface area contributed by atoms with Crippen LogP contribution in [0.25, 0.3) is 5.70 Å². The average molecular weight is 472 g/mol. The number of unbranched alkanes of at least 4 members (excludes halogenated alkanes) is 2. The molecular weight excluding hydrogens is 430 g/mol. The van der Waals surface area contributed by atoms with E-state index in [0.717, 1.165) is 49.3 Å². The van der Waals surface area contributed by atoms with Crippen molar-refractivity contribution >= 4 is 28.0 Å². The lowest BCUT2D eigenvalue weighted by molar-refractivity contribution is 0.0696. The van der Waals surface area contributed by atoms with E-state index in [0.29, 0.717) is 16.5 Å². The number of ether oxygens (including phenoxy) is 1. The van der Waals surface area contributed by atoms with Crippen molar-refractivity contribution in [1.29, 1.82) is 0 Å². The monoisotopic (exact) mass is 471 g/mol. The molecule has 1 aliphatic carbocycles. The van der Waals surface area contributed by atoms with Crippen LogP contribution in [0.2, 0.25) is 0 Å². The molecule has 5 heteroatoms. The summed E-state index contributed by atoms with van der Waals surface area (Å²) in [5.74, 6) is -0.472. The van der Waals surface area contributed by atoms with Crippen LogP contribution in [0.4, 0.5) is 5.00 Å². The first kappa shape index (κ1) is 27.1. The molecule has 0 amide bonds. The third-order valence-corrected chi connectivity index (χ3v) is 6.90. The Bertz CT molecular complexity index is 845. The maximum absolute atomic E-state index is 11.8. The van der Waals surface area contributed by atoms with Crippen molar-refractivity contribution in [2.45, 2.75) is 84.5 Å². The summed E-state index contributed by atoms with van der Waals surface area (Å²) in [5, 5.41) is 15.7. The molecular formula is C28H41NO3S. The van der Waals surface area contributed by atoms with E-state index in [-0.39, 0.29) is 0 Å². The number of rotatable bonds is 11. The summed E-state index contributed by atoms with van der Waals surface area (Å²) in [6.45, 7) is 12.4. The van der Waals surface area contributed by atoms with Crippen molar-refractivity contribution in [2.75, 3.05) is 18.5 Å². The summed E-state index contributed by atoms with van der Waals surface area (Å²) in [4.78, 5) is 11.8. The lowest BCUT2D eigenvalue weighted by atomic mass is 9.83. The summed E-state index contributed by atoms with van der Waals surface area (Å²) in [5.41, 5.74) is 4.32. The molecule has 33 heavy (non-hydrogen) atoms. The maximum atomic E-state index is 11.8. The molecule has 0 radical (unpaired) electrons. The van der Waals surface area contributed by atoms with E-state index in [1.54, 1.807) is 0 Å². The zero-order valence-corrected chi connectivity index (χ0v) is 21.4. The van der Waals surface area contributed by atoms with Gasteiger partial charge in [0, 0.05) is 18.9 Å². The molecule has 0 saturated heterocycles. The first-order chi connectivity index (χ1) is 16.0. The molecule has 3 rings (SSSR count). The van der Waals surface area contributed by atoms with Crippen LogP contribution in [0.1, 0.15) is 105 Å². The number of carboxylic acid groups (broad SMARTS) is 1. The molecule has 0 bridgehead atoms. The van der Waals surface area contributed by atoms with Gasteiger partial charge in [-0.15, -0.1) is 11.3 Å². The van der Waals surface area contributed by atoms with E-state index in [9.17, 15) is 9.90 Å². The van der Waals surface area contributed by atoms with Gasteiger partial charge in [0.05, 0.1) is 5.56 Å². The van der Waals surface area contributed by atoms with Gasteiger partial charge in [0.1, 0.15) is 5.00 Å². The number of hydrogen-bond donors (Lipinski definition) is 2. The second-order valence-corrected chi connectivity index (χ2v) is 9.70. The highest BCUT2D eigenvalue weighted by Crippen LogP contribution is 2.40. The molecule has 1 saturated carbocycles. The number of anilines is 1. The fourth-order valence-electron chi connectivity index (χ4n) is 4.06. The van der Waals surface area contributed by atoms with Crippen LogP contribution in [-0.4, -0.2) is 24.3 Å². The molecule has 0 unspecified atom stereocenters. The summed E-state index contributed by atoms with van der Waals surface area (Å²) in [6.07, 6.45) is 10.8. The fraction of sp³-hybridized carbons (Fsp3) is 0.536. The highest BCUT2D eigenvalue weighted by atomic mass is 32.1. The average Bonchev–Trinajstić information content (AvgIpc) is 3.24. The van der Waals surface area contributed by atoms with E-state index >= 15 is 0 Å². The third kappa shape index (κ3) is 8.98. The van der Waals surface area contributed by atoms with Crippen molar-refractivity contribution in [1.82, 2.24) is 0 Å². The van der Waals surface area contributed by atoms with Crippen LogP contribution in [0.15, 0.2) is 36.2 Å². The van der Waals surface area contributed by atoms with Gasteiger partial charge >= 0.3 is 5.97 Å². The topological polar surface area (TPSA) is 58.6 Å². The van der Waals surface area contributed by atoms with E-state index in [2.05, 4.69) is 25.7 Å². The SMILES string of the molecule is C=C(Nc1scc(C2CCCCC2)c1C(=O)O)c1ccc(C)cc1.CCCCCOCCC. The second kappa shape index (κ2) is 14.9. The molecule has 182 valence electrons. The molecule has 4 nitrogen and oxygen atoms in total. The maximum Gasteiger partial charge on any atom is 0.339 e. The summed E-state index contributed by atoms with van der Waals surface area (Å²) in [6, 6.07) is 8.06. The number of nitrogens with one attached hydrogen (secondary N) is 1. The van der Waals surface area contributed by atoms with Crippen LogP contribution in [-0.2, 0) is 4.74 Å². The van der Waals surface area contributed by atoms with Crippen LogP contribution in [0.3, 0.4) is 0 Å². The minimum atomic E-state index is -0.851. The van der Waals surface area contributed by atoms with Crippen molar-refractivity contribution < 1.29 is 14.6 Å². The number of aromatic carboxylic acids is 1. The predicted molar refractivity (Wildman–Crippen MR) is 142 cm³/mol. The zero-order chi connectivity index (χ0) is 24.1. The summed E-state index contributed by atoms with van der Waals surface area (Å²) >= 11 is 1.47. The zero-order valence-electron chi connectivity index (χ0n) is 20.6. The lowest BCUT2D eigenvalue weighted by Gasteiger charge is -2.21. The number of carbonyl (C=O) groups is 1. The number of aryl methyl sites for hydroxylation is 1. The van der Waals surface area contributed by atoms with Gasteiger partial charge in [-0.3, -0.25) is 0 Å². The quantitative estimate of drug-likeness (QED) is 0.323. The Morgan fingerprint density at radius 3 is 2.39 bits per heavy atom. The Labute approximate surface area is 204 Å². The van der Waals surface area contributed by atoms with Gasteiger partial charge in [-0.05, 0) is 55.0 Å².